The van der Waals surface area contributed by atoms with Crippen LogP contribution in [0.3, 0.4) is 0 Å². The summed E-state index contributed by atoms with van der Waals surface area (Å²) >= 11 is 0. The number of nitrogens with zero attached hydrogens (tertiary/aromatic N) is 2. The van der Waals surface area contributed by atoms with Gasteiger partial charge < -0.3 is 14.6 Å². The van der Waals surface area contributed by atoms with Crippen molar-refractivity contribution in [1.29, 1.82) is 0 Å². The molecular weight excluding hydrogens is 663 g/mol. The Labute approximate surface area is 310 Å². The first kappa shape index (κ1) is 30.4. The summed E-state index contributed by atoms with van der Waals surface area (Å²) in [5.41, 5.74) is 19.6. The van der Waals surface area contributed by atoms with Crippen LogP contribution in [0.15, 0.2) is 183 Å². The van der Waals surface area contributed by atoms with E-state index >= 15 is 0 Å². The van der Waals surface area contributed by atoms with Crippen LogP contribution in [0.5, 0.6) is 0 Å². The molecule has 1 aliphatic heterocycles. The van der Waals surface area contributed by atoms with E-state index in [4.69, 9.17) is 24.6 Å². The zero-order valence-corrected chi connectivity index (χ0v) is 29.1. The lowest BCUT2D eigenvalue weighted by atomic mass is 9.92. The van der Waals surface area contributed by atoms with Gasteiger partial charge in [0, 0.05) is 38.1 Å². The molecule has 0 fully saturated rings. The first-order chi connectivity index (χ1) is 26.6. The van der Waals surface area contributed by atoms with Gasteiger partial charge in [0.15, 0.2) is 5.84 Å². The van der Waals surface area contributed by atoms with E-state index in [0.29, 0.717) is 18.2 Å². The summed E-state index contributed by atoms with van der Waals surface area (Å²) in [6.07, 6.45) is 0. The monoisotopic (exact) mass is 693 g/mol. The maximum absolute atomic E-state index is 6.86. The zero-order valence-electron chi connectivity index (χ0n) is 29.1. The van der Waals surface area contributed by atoms with Crippen LogP contribution in [-0.2, 0) is 6.54 Å². The average molecular weight is 694 g/mol. The number of nitrogens with two attached hydrogens (primary N) is 1. The first-order valence-corrected chi connectivity index (χ1v) is 18.1. The van der Waals surface area contributed by atoms with Crippen LogP contribution in [0.25, 0.3) is 88.0 Å². The normalized spacial score (nSPS) is 15.0. The number of amidine groups is 2. The molecule has 0 amide bonds. The zero-order chi connectivity index (χ0) is 35.8. The third-order valence-corrected chi connectivity index (χ3v) is 10.7. The van der Waals surface area contributed by atoms with Crippen molar-refractivity contribution in [3.05, 3.63) is 180 Å². The number of benzene rings is 8. The van der Waals surface area contributed by atoms with E-state index in [1.807, 2.05) is 42.5 Å². The summed E-state index contributed by atoms with van der Waals surface area (Å²) in [7, 11) is 0. The molecule has 0 saturated carbocycles. The molecule has 1 aliphatic rings. The highest BCUT2D eigenvalue weighted by Gasteiger charge is 2.19. The van der Waals surface area contributed by atoms with Crippen molar-refractivity contribution < 1.29 is 8.83 Å². The number of furan rings is 2. The van der Waals surface area contributed by atoms with E-state index in [1.165, 1.54) is 0 Å². The van der Waals surface area contributed by atoms with Gasteiger partial charge >= 0.3 is 0 Å². The Bertz CT molecular complexity index is 3200. The minimum absolute atomic E-state index is 0.369. The van der Waals surface area contributed by atoms with Gasteiger partial charge in [0.25, 0.3) is 0 Å². The fourth-order valence-electron chi connectivity index (χ4n) is 8.07. The van der Waals surface area contributed by atoms with Crippen LogP contribution in [-0.4, -0.2) is 11.7 Å². The highest BCUT2D eigenvalue weighted by Crippen LogP contribution is 2.42. The maximum atomic E-state index is 6.86. The molecule has 0 saturated heterocycles. The van der Waals surface area contributed by atoms with E-state index in [0.717, 1.165) is 105 Å². The molecule has 0 atom stereocenters. The smallest absolute Gasteiger partial charge is 0.157 e. The number of aliphatic imine (C=N–C) groups is 2. The van der Waals surface area contributed by atoms with E-state index in [2.05, 4.69) is 121 Å². The minimum atomic E-state index is 0.369. The van der Waals surface area contributed by atoms with Crippen LogP contribution in [0.1, 0.15) is 16.7 Å². The molecule has 0 spiro atoms. The van der Waals surface area contributed by atoms with Crippen molar-refractivity contribution in [1.82, 2.24) is 0 Å². The van der Waals surface area contributed by atoms with Crippen molar-refractivity contribution >= 4 is 66.3 Å². The number of rotatable bonds is 2. The predicted octanol–water partition coefficient (Wildman–Crippen LogP) is 12.3. The van der Waals surface area contributed by atoms with E-state index in [9.17, 15) is 0 Å². The van der Waals surface area contributed by atoms with Crippen molar-refractivity contribution in [3.63, 3.8) is 0 Å². The summed E-state index contributed by atoms with van der Waals surface area (Å²) in [5, 5.41) is 6.43. The Kier molecular flexibility index (Phi) is 6.70. The van der Waals surface area contributed by atoms with E-state index < -0.39 is 0 Å². The van der Waals surface area contributed by atoms with E-state index in [-0.39, 0.29) is 0 Å². The van der Waals surface area contributed by atoms with Gasteiger partial charge in [-0.1, -0.05) is 115 Å². The number of hydrogen-bond acceptors (Lipinski definition) is 5. The van der Waals surface area contributed by atoms with Gasteiger partial charge in [-0.3, -0.25) is 4.99 Å². The molecule has 54 heavy (non-hydrogen) atoms. The Morgan fingerprint density at radius 1 is 0.426 bits per heavy atom. The third-order valence-electron chi connectivity index (χ3n) is 10.7. The molecule has 254 valence electrons. The molecule has 6 bridgehead atoms. The van der Waals surface area contributed by atoms with Crippen LogP contribution in [0.2, 0.25) is 0 Å². The molecule has 0 aliphatic carbocycles. The second-order valence-electron chi connectivity index (χ2n) is 13.9. The van der Waals surface area contributed by atoms with Crippen LogP contribution in [0, 0.1) is 0 Å². The molecule has 2 N–H and O–H groups in total. The van der Waals surface area contributed by atoms with Gasteiger partial charge in [0.2, 0.25) is 0 Å². The Morgan fingerprint density at radius 3 is 2.00 bits per heavy atom. The Hall–Kier alpha value is -7.24. The summed E-state index contributed by atoms with van der Waals surface area (Å²) in [6.45, 7) is 0.369. The second kappa shape index (κ2) is 11.9. The highest BCUT2D eigenvalue weighted by atomic mass is 16.3. The summed E-state index contributed by atoms with van der Waals surface area (Å²) in [5.74, 6) is 0.909. The largest absolute Gasteiger partial charge is 0.456 e. The molecule has 5 nitrogen and oxygen atoms in total. The molecule has 8 aromatic carbocycles. The topological polar surface area (TPSA) is 77.0 Å². The molecule has 11 rings (SSSR count). The van der Waals surface area contributed by atoms with Crippen molar-refractivity contribution in [2.45, 2.75) is 6.54 Å². The van der Waals surface area contributed by atoms with Gasteiger partial charge in [-0.25, -0.2) is 4.99 Å². The van der Waals surface area contributed by atoms with Crippen LogP contribution >= 0.6 is 0 Å². The summed E-state index contributed by atoms with van der Waals surface area (Å²) in [6, 6.07) is 56.9. The number of hydrogen-bond donors (Lipinski definition) is 1. The molecule has 0 unspecified atom stereocenters. The average Bonchev–Trinajstić information content (AvgIpc) is 3.80. The quantitative estimate of drug-likeness (QED) is 0.196. The van der Waals surface area contributed by atoms with Gasteiger partial charge in [-0.15, -0.1) is 0 Å². The highest BCUT2D eigenvalue weighted by molar-refractivity contribution is 6.20. The second-order valence-corrected chi connectivity index (χ2v) is 13.9. The lowest BCUT2D eigenvalue weighted by Crippen LogP contribution is -2.16. The lowest BCUT2D eigenvalue weighted by Gasteiger charge is -2.12. The van der Waals surface area contributed by atoms with Gasteiger partial charge in [-0.05, 0) is 92.9 Å². The molecule has 5 heteroatoms. The lowest BCUT2D eigenvalue weighted by molar-refractivity contribution is 0.669. The minimum Gasteiger partial charge on any atom is -0.456 e. The fourth-order valence-corrected chi connectivity index (χ4v) is 8.07. The van der Waals surface area contributed by atoms with Gasteiger partial charge in [0.1, 0.15) is 28.2 Å². The predicted molar refractivity (Wildman–Crippen MR) is 222 cm³/mol. The number of fused-ring (bicyclic) bond motifs is 13. The summed E-state index contributed by atoms with van der Waals surface area (Å²) < 4.78 is 13.1. The molecule has 2 aromatic heterocycles. The fraction of sp³-hybridized carbons (Fsp3) is 0.0204. The first-order valence-electron chi connectivity index (χ1n) is 18.1. The van der Waals surface area contributed by atoms with Gasteiger partial charge in [0.05, 0.1) is 6.54 Å². The van der Waals surface area contributed by atoms with Crippen LogP contribution in [0.4, 0.5) is 0 Å². The SMILES string of the molecule is N/C1=N\C(c2ccc3c(c2)oc2ccc(-c4ccccc4)cc23)=N/Cc2cccc3oc4c5ccccc5c(cc4c23)-c2cccc(c2)-c2cccc1c2. The molecule has 10 aromatic rings. The molecular formula is C49H31N3O2. The maximum Gasteiger partial charge on any atom is 0.157 e. The standard InChI is InChI=1S/C49H31N3O2/c50-48-34-14-7-12-31(24-34)30-11-6-13-33(23-30)40-27-42-46-36(15-8-18-44(46)54-47(42)39-17-5-4-16-37(39)40)28-51-49(52-48)35-19-21-38-41-25-32(29-9-2-1-3-10-29)20-22-43(41)53-45(38)26-35/h1-27H,28H2,(H2,50,51,52). The molecule has 3 heterocycles. The van der Waals surface area contributed by atoms with Gasteiger partial charge in [-0.2, -0.15) is 0 Å². The Morgan fingerprint density at radius 2 is 1.13 bits per heavy atom. The van der Waals surface area contributed by atoms with Crippen molar-refractivity contribution in [3.8, 4) is 33.4 Å². The molecule has 0 radical (unpaired) electrons. The van der Waals surface area contributed by atoms with Crippen molar-refractivity contribution in [2.75, 3.05) is 0 Å². The van der Waals surface area contributed by atoms with E-state index in [1.54, 1.807) is 0 Å². The summed E-state index contributed by atoms with van der Waals surface area (Å²) in [4.78, 5) is 10.3. The Balaban J connectivity index is 1.13. The van der Waals surface area contributed by atoms with Crippen LogP contribution < -0.4 is 5.73 Å². The van der Waals surface area contributed by atoms with Crippen molar-refractivity contribution in [2.24, 2.45) is 15.7 Å². The third kappa shape index (κ3) is 4.86.